The van der Waals surface area contributed by atoms with Crippen molar-refractivity contribution >= 4 is 34.8 Å². The van der Waals surface area contributed by atoms with Gasteiger partial charge < -0.3 is 0 Å². The van der Waals surface area contributed by atoms with Gasteiger partial charge in [0.25, 0.3) is 0 Å². The first-order chi connectivity index (χ1) is 10.4. The molecule has 0 N–H and O–H groups in total. The van der Waals surface area contributed by atoms with Gasteiger partial charge >= 0.3 is 0 Å². The van der Waals surface area contributed by atoms with Gasteiger partial charge in [-0.15, -0.1) is 0 Å². The van der Waals surface area contributed by atoms with Gasteiger partial charge in [0.05, 0.1) is 10.3 Å². The number of aliphatic imine (C=N–C) groups is 2. The number of allylic oxidation sites excluding steroid dienone is 1. The fourth-order valence-electron chi connectivity index (χ4n) is 2.25. The molecule has 0 aliphatic carbocycles. The molecule has 0 fully saturated rings. The zero-order chi connectivity index (χ0) is 15.4. The van der Waals surface area contributed by atoms with Crippen LogP contribution in [-0.2, 0) is 0 Å². The summed E-state index contributed by atoms with van der Waals surface area (Å²) in [5.74, 6) is 0. The Morgan fingerprint density at radius 1 is 0.667 bits per heavy atom. The van der Waals surface area contributed by atoms with E-state index in [1.807, 2.05) is 0 Å². The van der Waals surface area contributed by atoms with E-state index >= 15 is 0 Å². The highest BCUT2D eigenvalue weighted by atomic mass is 32.1. The molecule has 0 aliphatic rings. The van der Waals surface area contributed by atoms with Gasteiger partial charge in [0.15, 0.2) is 0 Å². The van der Waals surface area contributed by atoms with E-state index < -0.39 is 0 Å². The number of nitrogens with zero attached hydrogens (tertiary/aromatic N) is 2. The summed E-state index contributed by atoms with van der Waals surface area (Å²) >= 11 is 9.02. The van der Waals surface area contributed by atoms with E-state index in [9.17, 15) is 0 Å². The van der Waals surface area contributed by atoms with Crippen LogP contribution in [0, 0.1) is 0 Å². The molecule has 0 aromatic rings. The molecule has 0 unspecified atom stereocenters. The first kappa shape index (κ1) is 20.3. The van der Waals surface area contributed by atoms with Crippen molar-refractivity contribution in [1.82, 2.24) is 0 Å². The molecule has 0 saturated heterocycles. The van der Waals surface area contributed by atoms with Crippen LogP contribution in [0.3, 0.4) is 0 Å². The Morgan fingerprint density at radius 2 is 1.19 bits per heavy atom. The van der Waals surface area contributed by atoms with Gasteiger partial charge in [0, 0.05) is 12.7 Å². The maximum Gasteiger partial charge on any atom is 0.0634 e. The van der Waals surface area contributed by atoms with Crippen LogP contribution in [0.2, 0.25) is 0 Å². The second kappa shape index (κ2) is 19.3. The van der Waals surface area contributed by atoms with Gasteiger partial charge in [0.1, 0.15) is 0 Å². The zero-order valence-corrected chi connectivity index (χ0v) is 14.7. The van der Waals surface area contributed by atoms with Crippen molar-refractivity contribution in [2.75, 3.05) is 6.54 Å². The molecule has 0 aromatic heterocycles. The summed E-state index contributed by atoms with van der Waals surface area (Å²) in [6.07, 6.45) is 19.5. The lowest BCUT2D eigenvalue weighted by atomic mass is 10.1. The Hall–Kier alpha value is -0.660. The van der Waals surface area contributed by atoms with E-state index in [0.29, 0.717) is 0 Å². The molecule has 118 valence electrons. The summed E-state index contributed by atoms with van der Waals surface area (Å²) in [5, 5.41) is 4.74. The number of rotatable bonds is 15. The van der Waals surface area contributed by atoms with Crippen molar-refractivity contribution in [3.8, 4) is 0 Å². The van der Waals surface area contributed by atoms with Crippen LogP contribution < -0.4 is 0 Å². The maximum absolute atomic E-state index is 4.53. The van der Waals surface area contributed by atoms with E-state index in [1.54, 1.807) is 6.20 Å². The van der Waals surface area contributed by atoms with E-state index in [0.717, 1.165) is 19.4 Å². The lowest BCUT2D eigenvalue weighted by Crippen LogP contribution is -1.84. The predicted octanol–water partition coefficient (Wildman–Crippen LogP) is 6.39. The van der Waals surface area contributed by atoms with Crippen molar-refractivity contribution in [3.63, 3.8) is 0 Å². The summed E-state index contributed by atoms with van der Waals surface area (Å²) in [6.45, 7) is 0.858. The zero-order valence-electron chi connectivity index (χ0n) is 13.1. The van der Waals surface area contributed by atoms with Crippen LogP contribution in [0.15, 0.2) is 22.3 Å². The number of unbranched alkanes of at least 4 members (excludes halogenated alkanes) is 11. The first-order valence-corrected chi connectivity index (χ1v) is 8.99. The lowest BCUT2D eigenvalue weighted by molar-refractivity contribution is 0.548. The average Bonchev–Trinajstić information content (AvgIpc) is 2.50. The van der Waals surface area contributed by atoms with Crippen molar-refractivity contribution < 1.29 is 0 Å². The van der Waals surface area contributed by atoms with Gasteiger partial charge in [-0.05, 0) is 43.7 Å². The number of thiocarbonyl (C=S) groups is 2. The summed E-state index contributed by atoms with van der Waals surface area (Å²) in [5.41, 5.74) is 0. The molecule has 0 saturated carbocycles. The Balaban J connectivity index is 3.05. The molecular weight excluding hydrogens is 296 g/mol. The minimum absolute atomic E-state index is 0.858. The molecule has 0 rings (SSSR count). The Bertz CT molecular complexity index is 341. The van der Waals surface area contributed by atoms with Crippen molar-refractivity contribution in [2.45, 2.75) is 77.0 Å². The van der Waals surface area contributed by atoms with Gasteiger partial charge in [0.2, 0.25) is 0 Å². The minimum Gasteiger partial charge on any atom is -0.233 e. The average molecular weight is 325 g/mol. The quantitative estimate of drug-likeness (QED) is 0.198. The van der Waals surface area contributed by atoms with Crippen molar-refractivity contribution in [1.29, 1.82) is 0 Å². The molecule has 2 nitrogen and oxygen atoms in total. The van der Waals surface area contributed by atoms with E-state index in [2.05, 4.69) is 50.8 Å². The summed E-state index contributed by atoms with van der Waals surface area (Å²) in [7, 11) is 0. The van der Waals surface area contributed by atoms with Crippen molar-refractivity contribution in [3.05, 3.63) is 12.3 Å². The molecular formula is C17H28N2S2. The number of hydrogen-bond acceptors (Lipinski definition) is 4. The van der Waals surface area contributed by atoms with Crippen LogP contribution in [0.4, 0.5) is 0 Å². The highest BCUT2D eigenvalue weighted by Crippen LogP contribution is 2.12. The second-order valence-electron chi connectivity index (χ2n) is 5.26. The third-order valence-corrected chi connectivity index (χ3v) is 3.67. The van der Waals surface area contributed by atoms with Gasteiger partial charge in [-0.25, -0.2) is 9.98 Å². The normalized spacial score (nSPS) is 10.3. The molecule has 0 bridgehead atoms. The van der Waals surface area contributed by atoms with E-state index in [4.69, 9.17) is 0 Å². The Morgan fingerprint density at radius 3 is 1.71 bits per heavy atom. The summed E-state index contributed by atoms with van der Waals surface area (Å²) in [4.78, 5) is 7.67. The fourth-order valence-corrected chi connectivity index (χ4v) is 2.40. The standard InChI is InChI=1S/C17H28N2S2/c20-16-18-14-12-10-8-6-4-2-1-3-5-7-9-11-13-15-19-17-21/h12,14H,1-11,13,15H2/b14-12-. The van der Waals surface area contributed by atoms with Gasteiger partial charge in [-0.2, -0.15) is 0 Å². The third-order valence-electron chi connectivity index (χ3n) is 3.44. The largest absolute Gasteiger partial charge is 0.233 e. The van der Waals surface area contributed by atoms with Gasteiger partial charge in [-0.3, -0.25) is 0 Å². The fraction of sp³-hybridized carbons (Fsp3) is 0.765. The molecule has 21 heavy (non-hydrogen) atoms. The number of hydrogen-bond donors (Lipinski definition) is 0. The molecule has 0 radical (unpaired) electrons. The monoisotopic (exact) mass is 324 g/mol. The molecule has 0 aliphatic heterocycles. The second-order valence-corrected chi connectivity index (χ2v) is 5.62. The number of isothiocyanates is 2. The third kappa shape index (κ3) is 19.3. The molecule has 4 heteroatoms. The Labute approximate surface area is 140 Å². The maximum atomic E-state index is 4.53. The van der Waals surface area contributed by atoms with Crippen LogP contribution in [0.5, 0.6) is 0 Å². The highest BCUT2D eigenvalue weighted by molar-refractivity contribution is 7.78. The van der Waals surface area contributed by atoms with Crippen LogP contribution in [0.25, 0.3) is 0 Å². The summed E-state index contributed by atoms with van der Waals surface area (Å²) in [6, 6.07) is 0. The lowest BCUT2D eigenvalue weighted by Gasteiger charge is -2.02. The predicted molar refractivity (Wildman–Crippen MR) is 99.5 cm³/mol. The van der Waals surface area contributed by atoms with E-state index in [1.165, 1.54) is 64.2 Å². The van der Waals surface area contributed by atoms with E-state index in [-0.39, 0.29) is 0 Å². The molecule has 0 aromatic carbocycles. The van der Waals surface area contributed by atoms with Crippen LogP contribution in [0.1, 0.15) is 77.0 Å². The highest BCUT2D eigenvalue weighted by Gasteiger charge is 1.93. The molecule has 0 atom stereocenters. The van der Waals surface area contributed by atoms with Crippen LogP contribution in [-0.4, -0.2) is 16.9 Å². The molecule has 0 heterocycles. The molecule has 0 amide bonds. The van der Waals surface area contributed by atoms with Crippen molar-refractivity contribution in [2.24, 2.45) is 9.98 Å². The first-order valence-electron chi connectivity index (χ1n) is 8.17. The molecule has 0 spiro atoms. The Kier molecular flexibility index (Phi) is 18.7. The summed E-state index contributed by atoms with van der Waals surface area (Å²) < 4.78 is 0. The minimum atomic E-state index is 0.858. The van der Waals surface area contributed by atoms with Crippen LogP contribution >= 0.6 is 24.4 Å². The van der Waals surface area contributed by atoms with Gasteiger partial charge in [-0.1, -0.05) is 63.9 Å². The smallest absolute Gasteiger partial charge is 0.0634 e. The SMILES string of the molecule is S=C=N/C=C\CCCCCCCCCCCCCN=C=S. The topological polar surface area (TPSA) is 24.7 Å².